The first-order valence-electron chi connectivity index (χ1n) is 5.18. The van der Waals surface area contributed by atoms with Gasteiger partial charge in [0.2, 0.25) is 0 Å². The summed E-state index contributed by atoms with van der Waals surface area (Å²) in [6, 6.07) is 0. The van der Waals surface area contributed by atoms with E-state index in [1.54, 1.807) is 14.0 Å². The Morgan fingerprint density at radius 3 is 2.56 bits per heavy atom. The highest BCUT2D eigenvalue weighted by molar-refractivity contribution is 5.18. The van der Waals surface area contributed by atoms with Crippen LogP contribution in [0.15, 0.2) is 4.79 Å². The van der Waals surface area contributed by atoms with Crippen molar-refractivity contribution >= 4 is 0 Å². The number of aryl methyl sites for hydroxylation is 1. The number of aliphatic hydroxyl groups excluding tert-OH is 1. The first-order chi connectivity index (χ1) is 7.42. The number of aliphatic hydroxyl groups is 1. The lowest BCUT2D eigenvalue weighted by Crippen LogP contribution is -2.29. The van der Waals surface area contributed by atoms with E-state index in [0.29, 0.717) is 23.5 Å². The maximum Gasteiger partial charge on any atom is 0.254 e. The molecule has 0 amide bonds. The molecule has 16 heavy (non-hydrogen) atoms. The van der Waals surface area contributed by atoms with Gasteiger partial charge in [0, 0.05) is 31.4 Å². The van der Waals surface area contributed by atoms with Gasteiger partial charge in [-0.05, 0) is 20.8 Å². The summed E-state index contributed by atoms with van der Waals surface area (Å²) in [6.07, 6.45) is 0.321. The Bertz CT molecular complexity index is 424. The molecule has 0 bridgehead atoms. The van der Waals surface area contributed by atoms with Gasteiger partial charge in [-0.2, -0.15) is 0 Å². The molecule has 0 aliphatic rings. The summed E-state index contributed by atoms with van der Waals surface area (Å²) in [7, 11) is 1.57. The van der Waals surface area contributed by atoms with Crippen molar-refractivity contribution in [3.8, 4) is 0 Å². The van der Waals surface area contributed by atoms with E-state index in [2.05, 4.69) is 9.97 Å². The number of rotatable bonds is 4. The quantitative estimate of drug-likeness (QED) is 0.783. The number of aromatic nitrogens is 2. The predicted octanol–water partition coefficient (Wildman–Crippen LogP) is 0.495. The van der Waals surface area contributed by atoms with Crippen LogP contribution < -0.4 is 5.56 Å². The van der Waals surface area contributed by atoms with Crippen molar-refractivity contribution < 1.29 is 9.84 Å². The van der Waals surface area contributed by atoms with Crippen molar-refractivity contribution in [3.63, 3.8) is 0 Å². The molecular weight excluding hydrogens is 208 g/mol. The Balaban J connectivity index is 3.25. The molecule has 0 atom stereocenters. The van der Waals surface area contributed by atoms with Gasteiger partial charge < -0.3 is 14.8 Å². The average molecular weight is 226 g/mol. The molecule has 0 aromatic carbocycles. The normalized spacial score (nSPS) is 11.8. The van der Waals surface area contributed by atoms with Crippen LogP contribution in [0.4, 0.5) is 0 Å². The lowest BCUT2D eigenvalue weighted by Gasteiger charge is -2.22. The molecule has 1 aromatic rings. The molecule has 1 aromatic heterocycles. The van der Waals surface area contributed by atoms with Crippen LogP contribution in [0.3, 0.4) is 0 Å². The molecular formula is C11H18N2O3. The molecule has 5 heteroatoms. The Labute approximate surface area is 94.5 Å². The van der Waals surface area contributed by atoms with Crippen molar-refractivity contribution in [2.75, 3.05) is 13.7 Å². The first-order valence-corrected chi connectivity index (χ1v) is 5.18. The molecule has 0 radical (unpaired) electrons. The lowest BCUT2D eigenvalue weighted by atomic mass is 10.1. The smallest absolute Gasteiger partial charge is 0.254 e. The van der Waals surface area contributed by atoms with E-state index in [-0.39, 0.29) is 12.2 Å². The number of aromatic amines is 1. The third kappa shape index (κ3) is 2.48. The second-order valence-corrected chi connectivity index (χ2v) is 4.17. The van der Waals surface area contributed by atoms with Crippen LogP contribution in [0.2, 0.25) is 0 Å². The van der Waals surface area contributed by atoms with Gasteiger partial charge in [-0.15, -0.1) is 0 Å². The highest BCUT2D eigenvalue weighted by Gasteiger charge is 2.23. The monoisotopic (exact) mass is 226 g/mol. The highest BCUT2D eigenvalue weighted by atomic mass is 16.5. The minimum atomic E-state index is -0.623. The Morgan fingerprint density at radius 2 is 2.12 bits per heavy atom. The molecule has 2 N–H and O–H groups in total. The van der Waals surface area contributed by atoms with Crippen molar-refractivity contribution in [2.24, 2.45) is 0 Å². The number of methoxy groups -OCH3 is 1. The van der Waals surface area contributed by atoms with E-state index in [9.17, 15) is 4.79 Å². The third-order valence-corrected chi connectivity index (χ3v) is 2.66. The van der Waals surface area contributed by atoms with E-state index >= 15 is 0 Å². The molecule has 0 unspecified atom stereocenters. The summed E-state index contributed by atoms with van der Waals surface area (Å²) < 4.78 is 5.25. The highest BCUT2D eigenvalue weighted by Crippen LogP contribution is 2.19. The van der Waals surface area contributed by atoms with Crippen LogP contribution in [0.25, 0.3) is 0 Å². The van der Waals surface area contributed by atoms with Crippen LogP contribution in [0.1, 0.15) is 30.9 Å². The zero-order valence-electron chi connectivity index (χ0n) is 10.1. The molecule has 1 heterocycles. The summed E-state index contributed by atoms with van der Waals surface area (Å²) >= 11 is 0. The van der Waals surface area contributed by atoms with E-state index in [0.717, 1.165) is 0 Å². The molecule has 0 aliphatic carbocycles. The molecule has 90 valence electrons. The number of ether oxygens (including phenoxy) is 1. The minimum Gasteiger partial charge on any atom is -0.396 e. The van der Waals surface area contributed by atoms with Crippen LogP contribution in [-0.2, 0) is 16.8 Å². The van der Waals surface area contributed by atoms with E-state index in [1.807, 2.05) is 13.8 Å². The number of hydrogen-bond donors (Lipinski definition) is 2. The van der Waals surface area contributed by atoms with Gasteiger partial charge in [0.15, 0.2) is 0 Å². The number of nitrogens with zero attached hydrogens (tertiary/aromatic N) is 1. The molecule has 1 rings (SSSR count). The second kappa shape index (κ2) is 4.76. The maximum atomic E-state index is 11.8. The van der Waals surface area contributed by atoms with Crippen LogP contribution in [0, 0.1) is 6.92 Å². The maximum absolute atomic E-state index is 11.8. The Kier molecular flexibility index (Phi) is 3.83. The van der Waals surface area contributed by atoms with E-state index < -0.39 is 5.60 Å². The molecule has 0 fully saturated rings. The molecule has 0 aliphatic heterocycles. The van der Waals surface area contributed by atoms with Crippen LogP contribution in [0.5, 0.6) is 0 Å². The van der Waals surface area contributed by atoms with Crippen molar-refractivity contribution in [1.29, 1.82) is 0 Å². The van der Waals surface area contributed by atoms with Crippen molar-refractivity contribution in [3.05, 3.63) is 27.4 Å². The van der Waals surface area contributed by atoms with Gasteiger partial charge in [-0.3, -0.25) is 4.79 Å². The van der Waals surface area contributed by atoms with Gasteiger partial charge in [0.25, 0.3) is 5.56 Å². The topological polar surface area (TPSA) is 75.2 Å². The fourth-order valence-electron chi connectivity index (χ4n) is 1.40. The van der Waals surface area contributed by atoms with E-state index in [1.165, 1.54) is 0 Å². The van der Waals surface area contributed by atoms with Crippen LogP contribution >= 0.6 is 0 Å². The standard InChI is InChI=1S/C11H18N2O3/c1-7-8(5-6-14)9(15)13-10(12-7)11(2,3)16-4/h14H,5-6H2,1-4H3,(H,12,13,15). The molecule has 0 spiro atoms. The minimum absolute atomic E-state index is 0.0569. The second-order valence-electron chi connectivity index (χ2n) is 4.17. The number of hydrogen-bond acceptors (Lipinski definition) is 4. The lowest BCUT2D eigenvalue weighted by molar-refractivity contribution is 0.0110. The summed E-state index contributed by atoms with van der Waals surface area (Å²) in [4.78, 5) is 18.7. The average Bonchev–Trinajstić information content (AvgIpc) is 2.23. The molecule has 5 nitrogen and oxygen atoms in total. The van der Waals surface area contributed by atoms with Gasteiger partial charge in [-0.25, -0.2) is 4.98 Å². The molecule has 0 saturated carbocycles. The predicted molar refractivity (Wildman–Crippen MR) is 60.4 cm³/mol. The van der Waals surface area contributed by atoms with Crippen LogP contribution in [-0.4, -0.2) is 28.8 Å². The van der Waals surface area contributed by atoms with Gasteiger partial charge >= 0.3 is 0 Å². The largest absolute Gasteiger partial charge is 0.396 e. The fraction of sp³-hybridized carbons (Fsp3) is 0.636. The molecule has 0 saturated heterocycles. The summed E-state index contributed by atoms with van der Waals surface area (Å²) in [6.45, 7) is 5.36. The SMILES string of the molecule is COC(C)(C)c1nc(C)c(CCO)c(=O)[nH]1. The zero-order chi connectivity index (χ0) is 12.3. The third-order valence-electron chi connectivity index (χ3n) is 2.66. The first kappa shape index (κ1) is 12.9. The van der Waals surface area contributed by atoms with Gasteiger partial charge in [0.1, 0.15) is 11.4 Å². The Morgan fingerprint density at radius 1 is 1.50 bits per heavy atom. The summed E-state index contributed by atoms with van der Waals surface area (Å²) in [5, 5.41) is 8.84. The fourth-order valence-corrected chi connectivity index (χ4v) is 1.40. The van der Waals surface area contributed by atoms with Crippen molar-refractivity contribution in [1.82, 2.24) is 9.97 Å². The van der Waals surface area contributed by atoms with Crippen molar-refractivity contribution in [2.45, 2.75) is 32.8 Å². The van der Waals surface area contributed by atoms with Gasteiger partial charge in [-0.1, -0.05) is 0 Å². The Hall–Kier alpha value is -1.20. The van der Waals surface area contributed by atoms with Gasteiger partial charge in [0.05, 0.1) is 0 Å². The summed E-state index contributed by atoms with van der Waals surface area (Å²) in [5.41, 5.74) is 0.333. The van der Waals surface area contributed by atoms with E-state index in [4.69, 9.17) is 9.84 Å². The number of H-pyrrole nitrogens is 1. The summed E-state index contributed by atoms with van der Waals surface area (Å²) in [5.74, 6) is 0.499. The number of nitrogens with one attached hydrogen (secondary N) is 1. The zero-order valence-corrected chi connectivity index (χ0v) is 10.1.